The van der Waals surface area contributed by atoms with Gasteiger partial charge in [0.15, 0.2) is 6.61 Å². The Bertz CT molecular complexity index is 1050. The van der Waals surface area contributed by atoms with Crippen molar-refractivity contribution < 1.29 is 28.7 Å². The van der Waals surface area contributed by atoms with Crippen molar-refractivity contribution in [2.45, 2.75) is 32.1 Å². The number of fused-ring (bicyclic) bond motifs is 1. The van der Waals surface area contributed by atoms with E-state index < -0.39 is 24.5 Å². The lowest BCUT2D eigenvalue weighted by molar-refractivity contribution is -0.119. The van der Waals surface area contributed by atoms with Gasteiger partial charge in [-0.2, -0.15) is 0 Å². The number of benzene rings is 1. The number of rotatable bonds is 7. The van der Waals surface area contributed by atoms with Crippen LogP contribution in [0.2, 0.25) is 0 Å². The Morgan fingerprint density at radius 1 is 1.16 bits per heavy atom. The van der Waals surface area contributed by atoms with Gasteiger partial charge in [-0.25, -0.2) is 9.59 Å². The van der Waals surface area contributed by atoms with E-state index in [1.54, 1.807) is 19.1 Å². The molecule has 31 heavy (non-hydrogen) atoms. The molecule has 2 N–H and O–H groups in total. The van der Waals surface area contributed by atoms with Crippen LogP contribution in [0.15, 0.2) is 23.1 Å². The minimum Gasteiger partial charge on any atom is -0.462 e. The Morgan fingerprint density at radius 2 is 1.94 bits per heavy atom. The predicted molar refractivity (Wildman–Crippen MR) is 119 cm³/mol. The van der Waals surface area contributed by atoms with Gasteiger partial charge in [-0.3, -0.25) is 9.59 Å². The number of anilines is 2. The lowest BCUT2D eigenvalue weighted by atomic mass is 10.1. The summed E-state index contributed by atoms with van der Waals surface area (Å²) in [5.74, 6) is -1.57. The molecule has 0 radical (unpaired) electrons. The van der Waals surface area contributed by atoms with Crippen molar-refractivity contribution in [2.24, 2.45) is 0 Å². The smallest absolute Gasteiger partial charge is 0.341 e. The zero-order chi connectivity index (χ0) is 22.5. The molecular formula is C21H22N2O6S2. The number of carbonyl (C=O) groups is 4. The Kier molecular flexibility index (Phi) is 7.34. The van der Waals surface area contributed by atoms with Gasteiger partial charge in [0, 0.05) is 9.77 Å². The molecule has 2 heterocycles. The first-order valence-corrected chi connectivity index (χ1v) is 11.5. The summed E-state index contributed by atoms with van der Waals surface area (Å²) in [6.45, 7) is 5.19. The molecule has 8 nitrogen and oxygen atoms in total. The predicted octanol–water partition coefficient (Wildman–Crippen LogP) is 3.64. The zero-order valence-corrected chi connectivity index (χ0v) is 19.0. The van der Waals surface area contributed by atoms with E-state index in [0.29, 0.717) is 28.4 Å². The van der Waals surface area contributed by atoms with E-state index in [2.05, 4.69) is 10.6 Å². The standard InChI is InChI=1S/C21H22N2O6S2/c1-4-14-11(3)18(21(27)28-5-2)19(31-14)23-16(24)9-29-20(26)12-6-7-15-13(8-12)22-17(25)10-30-15/h6-8H,4-5,9-10H2,1-3H3,(H,22,25)(H,23,24). The fourth-order valence-corrected chi connectivity index (χ4v) is 4.96. The molecule has 0 atom stereocenters. The summed E-state index contributed by atoms with van der Waals surface area (Å²) in [7, 11) is 0. The number of carbonyl (C=O) groups excluding carboxylic acids is 4. The molecule has 1 aromatic heterocycles. The maximum atomic E-state index is 12.4. The first-order valence-electron chi connectivity index (χ1n) is 9.67. The third kappa shape index (κ3) is 5.26. The number of thiophene rings is 1. The van der Waals surface area contributed by atoms with Gasteiger partial charge in [0.2, 0.25) is 5.91 Å². The van der Waals surface area contributed by atoms with Crippen LogP contribution < -0.4 is 10.6 Å². The molecule has 0 saturated heterocycles. The minimum absolute atomic E-state index is 0.141. The second-order valence-electron chi connectivity index (χ2n) is 6.60. The Balaban J connectivity index is 1.65. The average molecular weight is 463 g/mol. The van der Waals surface area contributed by atoms with Crippen molar-refractivity contribution in [3.63, 3.8) is 0 Å². The Hall–Kier alpha value is -2.85. The number of ether oxygens (including phenoxy) is 2. The largest absolute Gasteiger partial charge is 0.462 e. The maximum Gasteiger partial charge on any atom is 0.341 e. The van der Waals surface area contributed by atoms with E-state index in [1.165, 1.54) is 29.2 Å². The van der Waals surface area contributed by atoms with E-state index in [0.717, 1.165) is 15.3 Å². The molecule has 1 aromatic carbocycles. The summed E-state index contributed by atoms with van der Waals surface area (Å²) >= 11 is 2.68. The maximum absolute atomic E-state index is 12.4. The van der Waals surface area contributed by atoms with Gasteiger partial charge in [0.25, 0.3) is 5.91 Å². The first kappa shape index (κ1) is 22.8. The van der Waals surface area contributed by atoms with Crippen LogP contribution in [0.1, 0.15) is 45.0 Å². The summed E-state index contributed by atoms with van der Waals surface area (Å²) in [5.41, 5.74) is 1.86. The van der Waals surface area contributed by atoms with Gasteiger partial charge in [-0.05, 0) is 44.0 Å². The number of amides is 2. The fraction of sp³-hybridized carbons (Fsp3) is 0.333. The molecule has 1 aliphatic heterocycles. The molecule has 0 spiro atoms. The van der Waals surface area contributed by atoms with Crippen LogP contribution in [0, 0.1) is 6.92 Å². The van der Waals surface area contributed by atoms with Crippen molar-refractivity contribution in [3.8, 4) is 0 Å². The molecule has 164 valence electrons. The molecule has 2 amide bonds. The zero-order valence-electron chi connectivity index (χ0n) is 17.3. The van der Waals surface area contributed by atoms with Crippen LogP contribution in [0.5, 0.6) is 0 Å². The van der Waals surface area contributed by atoms with E-state index in [1.807, 2.05) is 13.8 Å². The highest BCUT2D eigenvalue weighted by Crippen LogP contribution is 2.34. The minimum atomic E-state index is -0.690. The van der Waals surface area contributed by atoms with E-state index in [-0.39, 0.29) is 18.1 Å². The molecule has 0 unspecified atom stereocenters. The molecule has 0 fully saturated rings. The van der Waals surface area contributed by atoms with E-state index in [4.69, 9.17) is 9.47 Å². The van der Waals surface area contributed by atoms with Crippen LogP contribution in [0.25, 0.3) is 0 Å². The summed E-state index contributed by atoms with van der Waals surface area (Å²) in [5, 5.41) is 5.73. The molecule has 1 aliphatic rings. The van der Waals surface area contributed by atoms with E-state index >= 15 is 0 Å². The highest BCUT2D eigenvalue weighted by Gasteiger charge is 2.24. The molecule has 0 bridgehead atoms. The monoisotopic (exact) mass is 462 g/mol. The molecule has 10 heteroatoms. The quantitative estimate of drug-likeness (QED) is 0.605. The van der Waals surface area contributed by atoms with Crippen LogP contribution in [-0.4, -0.2) is 42.7 Å². The number of esters is 2. The van der Waals surface area contributed by atoms with Gasteiger partial charge < -0.3 is 20.1 Å². The second-order valence-corrected chi connectivity index (χ2v) is 8.72. The first-order chi connectivity index (χ1) is 14.8. The highest BCUT2D eigenvalue weighted by molar-refractivity contribution is 8.00. The lowest BCUT2D eigenvalue weighted by Gasteiger charge is -2.16. The number of hydrogen-bond acceptors (Lipinski definition) is 8. The third-order valence-corrected chi connectivity index (χ3v) is 6.91. The van der Waals surface area contributed by atoms with Gasteiger partial charge in [0.1, 0.15) is 5.00 Å². The van der Waals surface area contributed by atoms with Crippen molar-refractivity contribution in [1.82, 2.24) is 0 Å². The molecule has 0 aliphatic carbocycles. The molecule has 2 aromatic rings. The number of thioether (sulfide) groups is 1. The van der Waals surface area contributed by atoms with Crippen LogP contribution in [0.3, 0.4) is 0 Å². The summed E-state index contributed by atoms with van der Waals surface area (Å²) in [6, 6.07) is 4.83. The van der Waals surface area contributed by atoms with Crippen molar-refractivity contribution in [2.75, 3.05) is 29.6 Å². The van der Waals surface area contributed by atoms with Crippen molar-refractivity contribution in [3.05, 3.63) is 39.8 Å². The normalized spacial score (nSPS) is 12.5. The van der Waals surface area contributed by atoms with Gasteiger partial charge in [-0.1, -0.05) is 6.92 Å². The number of nitrogens with one attached hydrogen (secondary N) is 2. The molecule has 0 saturated carbocycles. The topological polar surface area (TPSA) is 111 Å². The lowest BCUT2D eigenvalue weighted by Crippen LogP contribution is -2.22. The van der Waals surface area contributed by atoms with Crippen LogP contribution >= 0.6 is 23.1 Å². The third-order valence-electron chi connectivity index (χ3n) is 4.48. The van der Waals surface area contributed by atoms with Gasteiger partial charge in [0.05, 0.1) is 29.2 Å². The molecule has 3 rings (SSSR count). The van der Waals surface area contributed by atoms with Crippen LogP contribution in [-0.2, 0) is 25.5 Å². The summed E-state index contributed by atoms with van der Waals surface area (Å²) < 4.78 is 10.2. The SMILES string of the molecule is CCOC(=O)c1c(NC(=O)COC(=O)c2ccc3c(c2)NC(=O)CS3)sc(CC)c1C. The number of hydrogen-bond donors (Lipinski definition) is 2. The van der Waals surface area contributed by atoms with Crippen LogP contribution in [0.4, 0.5) is 10.7 Å². The second kappa shape index (κ2) is 9.97. The number of aryl methyl sites for hydroxylation is 1. The summed E-state index contributed by atoms with van der Waals surface area (Å²) in [4.78, 5) is 50.4. The Labute approximate surface area is 187 Å². The van der Waals surface area contributed by atoms with Gasteiger partial charge in [-0.15, -0.1) is 23.1 Å². The summed E-state index contributed by atoms with van der Waals surface area (Å²) in [6.07, 6.45) is 0.709. The highest BCUT2D eigenvalue weighted by atomic mass is 32.2. The Morgan fingerprint density at radius 3 is 2.65 bits per heavy atom. The van der Waals surface area contributed by atoms with E-state index in [9.17, 15) is 19.2 Å². The fourth-order valence-electron chi connectivity index (χ4n) is 3.02. The van der Waals surface area contributed by atoms with Crippen molar-refractivity contribution in [1.29, 1.82) is 0 Å². The average Bonchev–Trinajstić information content (AvgIpc) is 3.06. The molecular weight excluding hydrogens is 440 g/mol. The van der Waals surface area contributed by atoms with Gasteiger partial charge >= 0.3 is 11.9 Å². The van der Waals surface area contributed by atoms with Crippen molar-refractivity contribution >= 4 is 57.5 Å².